The molecule has 3 N–H and O–H groups in total. The molecule has 102 valence electrons. The van der Waals surface area contributed by atoms with Gasteiger partial charge in [0.2, 0.25) is 0 Å². The molecule has 1 aromatic heterocycles. The number of nitrogens with one attached hydrogen (secondary N) is 1. The summed E-state index contributed by atoms with van der Waals surface area (Å²) in [6, 6.07) is 10.3. The fourth-order valence-corrected chi connectivity index (χ4v) is 1.58. The summed E-state index contributed by atoms with van der Waals surface area (Å²) in [6.07, 6.45) is 3.22. The lowest BCUT2D eigenvalue weighted by Gasteiger charge is -2.04. The fraction of sp³-hybridized carbons (Fsp3) is 0.0714. The molecular weight excluding hydrogens is 276 g/mol. The van der Waals surface area contributed by atoms with Crippen LogP contribution in [0.25, 0.3) is 0 Å². The number of carbonyl (C=O) groups excluding carboxylic acids is 1. The summed E-state index contributed by atoms with van der Waals surface area (Å²) < 4.78 is 0. The van der Waals surface area contributed by atoms with E-state index in [9.17, 15) is 4.79 Å². The van der Waals surface area contributed by atoms with Gasteiger partial charge in [0.1, 0.15) is 5.84 Å². The summed E-state index contributed by atoms with van der Waals surface area (Å²) in [6.45, 7) is 0. The van der Waals surface area contributed by atoms with Crippen LogP contribution in [0.3, 0.4) is 0 Å². The maximum Gasteiger partial charge on any atom is 0.255 e. The second-order valence-corrected chi connectivity index (χ2v) is 4.25. The molecular formula is C14H13ClN4O. The zero-order valence-electron chi connectivity index (χ0n) is 10.6. The number of nitrogens with zero attached hydrogens (tertiary/aromatic N) is 2. The minimum absolute atomic E-state index is 0.170. The molecule has 0 fully saturated rings. The van der Waals surface area contributed by atoms with E-state index < -0.39 is 0 Å². The average molecular weight is 289 g/mol. The van der Waals surface area contributed by atoms with Gasteiger partial charge in [0.15, 0.2) is 0 Å². The van der Waals surface area contributed by atoms with Crippen molar-refractivity contribution in [2.45, 2.75) is 0 Å². The Kier molecular flexibility index (Phi) is 4.68. The van der Waals surface area contributed by atoms with Crippen LogP contribution in [0.1, 0.15) is 10.4 Å². The number of aromatic nitrogens is 1. The van der Waals surface area contributed by atoms with E-state index in [-0.39, 0.29) is 11.8 Å². The highest BCUT2D eigenvalue weighted by Crippen LogP contribution is 2.14. The molecule has 1 aromatic carbocycles. The van der Waals surface area contributed by atoms with Crippen molar-refractivity contribution in [1.82, 2.24) is 4.98 Å². The lowest BCUT2D eigenvalue weighted by Crippen LogP contribution is -2.12. The van der Waals surface area contributed by atoms with Crippen molar-refractivity contribution in [1.29, 1.82) is 0 Å². The molecule has 5 nitrogen and oxygen atoms in total. The first kappa shape index (κ1) is 14.0. The third-order valence-electron chi connectivity index (χ3n) is 2.46. The van der Waals surface area contributed by atoms with Gasteiger partial charge in [0, 0.05) is 11.8 Å². The van der Waals surface area contributed by atoms with E-state index in [4.69, 9.17) is 17.3 Å². The molecule has 2 rings (SSSR count). The first-order chi connectivity index (χ1) is 9.69. The van der Waals surface area contributed by atoms with Crippen LogP contribution in [-0.2, 0) is 0 Å². The Bertz CT molecular complexity index is 611. The largest absolute Gasteiger partial charge is 0.386 e. The molecule has 0 aliphatic carbocycles. The molecule has 20 heavy (non-hydrogen) atoms. The first-order valence-corrected chi connectivity index (χ1v) is 6.43. The minimum Gasteiger partial charge on any atom is -0.386 e. The van der Waals surface area contributed by atoms with Crippen LogP contribution in [0, 0.1) is 0 Å². The molecule has 0 radical (unpaired) electrons. The normalized spacial score (nSPS) is 11.2. The summed E-state index contributed by atoms with van der Waals surface area (Å²) in [4.78, 5) is 20.0. The van der Waals surface area contributed by atoms with Crippen molar-refractivity contribution in [3.05, 3.63) is 54.4 Å². The Hall–Kier alpha value is -2.40. The fourth-order valence-electron chi connectivity index (χ4n) is 1.52. The number of carbonyl (C=O) groups is 1. The number of anilines is 1. The number of hydrogen-bond donors (Lipinski definition) is 2. The molecule has 0 saturated carbocycles. The molecule has 0 aliphatic heterocycles. The molecule has 0 bridgehead atoms. The standard InChI is InChI=1S/C14H13ClN4O/c15-8-13(16)18-11-5-3-10(4-6-11)14(20)19-12-2-1-7-17-9-12/h1-7,9H,8H2,(H2,16,18)(H,19,20). The van der Waals surface area contributed by atoms with Crippen LogP contribution in [0.2, 0.25) is 0 Å². The third-order valence-corrected chi connectivity index (χ3v) is 2.73. The van der Waals surface area contributed by atoms with Gasteiger partial charge >= 0.3 is 0 Å². The van der Waals surface area contributed by atoms with E-state index in [0.717, 1.165) is 0 Å². The van der Waals surface area contributed by atoms with Gasteiger partial charge in [0.25, 0.3) is 5.91 Å². The zero-order chi connectivity index (χ0) is 14.4. The predicted molar refractivity (Wildman–Crippen MR) is 80.6 cm³/mol. The molecule has 0 unspecified atom stereocenters. The number of pyridine rings is 1. The summed E-state index contributed by atoms with van der Waals surface area (Å²) in [5, 5.41) is 2.75. The highest BCUT2D eigenvalue weighted by molar-refractivity contribution is 6.28. The van der Waals surface area contributed by atoms with Gasteiger partial charge in [-0.25, -0.2) is 4.99 Å². The van der Waals surface area contributed by atoms with Gasteiger partial charge in [-0.2, -0.15) is 0 Å². The highest BCUT2D eigenvalue weighted by Gasteiger charge is 2.05. The van der Waals surface area contributed by atoms with Crippen molar-refractivity contribution in [3.8, 4) is 0 Å². The van der Waals surface area contributed by atoms with E-state index in [1.165, 1.54) is 0 Å². The van der Waals surface area contributed by atoms with Crippen LogP contribution < -0.4 is 11.1 Å². The van der Waals surface area contributed by atoms with E-state index in [0.29, 0.717) is 22.8 Å². The van der Waals surface area contributed by atoms with Gasteiger partial charge in [-0.1, -0.05) is 0 Å². The SMILES string of the molecule is NC(CCl)=Nc1ccc(C(=O)Nc2cccnc2)cc1. The smallest absolute Gasteiger partial charge is 0.255 e. The van der Waals surface area contributed by atoms with Gasteiger partial charge in [0.05, 0.1) is 23.5 Å². The summed E-state index contributed by atoms with van der Waals surface area (Å²) in [5.74, 6) is 0.293. The Morgan fingerprint density at radius 1 is 1.30 bits per heavy atom. The number of aliphatic imine (C=N–C) groups is 1. The molecule has 0 aliphatic rings. The van der Waals surface area contributed by atoms with Crippen LogP contribution in [0.15, 0.2) is 53.8 Å². The van der Waals surface area contributed by atoms with Crippen molar-refractivity contribution in [2.75, 3.05) is 11.2 Å². The lowest BCUT2D eigenvalue weighted by molar-refractivity contribution is 0.102. The van der Waals surface area contributed by atoms with Crippen molar-refractivity contribution in [2.24, 2.45) is 10.7 Å². The van der Waals surface area contributed by atoms with Crippen LogP contribution in [-0.4, -0.2) is 22.6 Å². The minimum atomic E-state index is -0.209. The highest BCUT2D eigenvalue weighted by atomic mass is 35.5. The number of hydrogen-bond acceptors (Lipinski definition) is 3. The maximum absolute atomic E-state index is 12.0. The van der Waals surface area contributed by atoms with E-state index >= 15 is 0 Å². The number of rotatable bonds is 4. The Balaban J connectivity index is 2.08. The zero-order valence-corrected chi connectivity index (χ0v) is 11.3. The monoisotopic (exact) mass is 288 g/mol. The maximum atomic E-state index is 12.0. The molecule has 1 heterocycles. The van der Waals surface area contributed by atoms with Crippen LogP contribution in [0.5, 0.6) is 0 Å². The summed E-state index contributed by atoms with van der Waals surface area (Å²) >= 11 is 5.55. The van der Waals surface area contributed by atoms with Gasteiger partial charge in [-0.3, -0.25) is 9.78 Å². The van der Waals surface area contributed by atoms with Crippen LogP contribution >= 0.6 is 11.6 Å². The Morgan fingerprint density at radius 2 is 2.05 bits per heavy atom. The molecule has 0 saturated heterocycles. The summed E-state index contributed by atoms with van der Waals surface area (Å²) in [7, 11) is 0. The van der Waals surface area contributed by atoms with Gasteiger partial charge in [-0.15, -0.1) is 11.6 Å². The molecule has 1 amide bonds. The topological polar surface area (TPSA) is 80.4 Å². The number of halogens is 1. The second-order valence-electron chi connectivity index (χ2n) is 3.98. The van der Waals surface area contributed by atoms with Gasteiger partial charge in [-0.05, 0) is 36.4 Å². The number of amides is 1. The molecule has 6 heteroatoms. The quantitative estimate of drug-likeness (QED) is 0.515. The van der Waals surface area contributed by atoms with Gasteiger partial charge < -0.3 is 11.1 Å². The van der Waals surface area contributed by atoms with Crippen molar-refractivity contribution >= 4 is 34.7 Å². The average Bonchev–Trinajstić information content (AvgIpc) is 2.49. The van der Waals surface area contributed by atoms with Crippen molar-refractivity contribution in [3.63, 3.8) is 0 Å². The molecule has 0 spiro atoms. The van der Waals surface area contributed by atoms with E-state index in [2.05, 4.69) is 15.3 Å². The predicted octanol–water partition coefficient (Wildman–Crippen LogP) is 2.56. The van der Waals surface area contributed by atoms with Crippen LogP contribution in [0.4, 0.5) is 11.4 Å². The second kappa shape index (κ2) is 6.68. The number of nitrogens with two attached hydrogens (primary N) is 1. The summed E-state index contributed by atoms with van der Waals surface area (Å²) in [5.41, 5.74) is 7.36. The Morgan fingerprint density at radius 3 is 2.65 bits per heavy atom. The number of benzene rings is 1. The van der Waals surface area contributed by atoms with Crippen molar-refractivity contribution < 1.29 is 4.79 Å². The molecule has 2 aromatic rings. The first-order valence-electron chi connectivity index (χ1n) is 5.89. The van der Waals surface area contributed by atoms with E-state index in [1.807, 2.05) is 0 Å². The Labute approximate surface area is 121 Å². The third kappa shape index (κ3) is 3.80. The number of alkyl halides is 1. The van der Waals surface area contributed by atoms with E-state index in [1.54, 1.807) is 48.8 Å². The lowest BCUT2D eigenvalue weighted by atomic mass is 10.2. The molecule has 0 atom stereocenters. The number of amidine groups is 1.